The molecule has 1 fully saturated rings. The highest BCUT2D eigenvalue weighted by Gasteiger charge is 2.08. The van der Waals surface area contributed by atoms with E-state index in [2.05, 4.69) is 15.2 Å². The molecule has 1 aromatic rings. The van der Waals surface area contributed by atoms with E-state index in [1.54, 1.807) is 0 Å². The van der Waals surface area contributed by atoms with Crippen LogP contribution in [0.1, 0.15) is 12.0 Å². The van der Waals surface area contributed by atoms with E-state index in [0.717, 1.165) is 56.4 Å². The Morgan fingerprint density at radius 2 is 2.00 bits per heavy atom. The minimum absolute atomic E-state index is 0.493. The summed E-state index contributed by atoms with van der Waals surface area (Å²) in [6, 6.07) is 7.63. The summed E-state index contributed by atoms with van der Waals surface area (Å²) in [6.07, 6.45) is 1.05. The van der Waals surface area contributed by atoms with Crippen LogP contribution in [0.25, 0.3) is 0 Å². The van der Waals surface area contributed by atoms with Crippen LogP contribution in [0, 0.1) is 0 Å². The molecule has 0 amide bonds. The van der Waals surface area contributed by atoms with E-state index >= 15 is 0 Å². The molecule has 0 unspecified atom stereocenters. The first kappa shape index (κ1) is 16.1. The maximum Gasteiger partial charge on any atom is 0.188 e. The minimum Gasteiger partial charge on any atom is -0.379 e. The summed E-state index contributed by atoms with van der Waals surface area (Å²) < 4.78 is 5.32. The van der Waals surface area contributed by atoms with Crippen LogP contribution in [-0.2, 0) is 11.3 Å². The number of aliphatic imine (C=N–C) groups is 1. The number of guanidine groups is 1. The average molecular weight is 311 g/mol. The quantitative estimate of drug-likeness (QED) is 0.474. The van der Waals surface area contributed by atoms with E-state index in [4.69, 9.17) is 22.1 Å². The number of halogens is 1. The van der Waals surface area contributed by atoms with Gasteiger partial charge in [-0.2, -0.15) is 0 Å². The van der Waals surface area contributed by atoms with Crippen molar-refractivity contribution in [2.45, 2.75) is 13.0 Å². The van der Waals surface area contributed by atoms with Gasteiger partial charge in [-0.1, -0.05) is 23.7 Å². The lowest BCUT2D eigenvalue weighted by Crippen LogP contribution is -2.39. The lowest BCUT2D eigenvalue weighted by atomic mass is 10.2. The summed E-state index contributed by atoms with van der Waals surface area (Å²) in [7, 11) is 0. The van der Waals surface area contributed by atoms with E-state index in [1.807, 2.05) is 24.3 Å². The molecule has 116 valence electrons. The molecule has 0 spiro atoms. The van der Waals surface area contributed by atoms with Gasteiger partial charge in [-0.25, -0.2) is 4.99 Å². The average Bonchev–Trinajstić information content (AvgIpc) is 2.52. The SMILES string of the molecule is NC(=NCc1ccc(Cl)cc1)NCCCN1CCOCC1. The Hall–Kier alpha value is -1.30. The Morgan fingerprint density at radius 3 is 2.71 bits per heavy atom. The van der Waals surface area contributed by atoms with Gasteiger partial charge in [-0.05, 0) is 30.7 Å². The van der Waals surface area contributed by atoms with Crippen LogP contribution in [0.15, 0.2) is 29.3 Å². The first-order valence-electron chi connectivity index (χ1n) is 7.32. The zero-order valence-electron chi connectivity index (χ0n) is 12.2. The van der Waals surface area contributed by atoms with Crippen LogP contribution in [0.2, 0.25) is 5.02 Å². The Morgan fingerprint density at radius 1 is 1.29 bits per heavy atom. The second kappa shape index (κ2) is 8.87. The van der Waals surface area contributed by atoms with Crippen molar-refractivity contribution < 1.29 is 4.74 Å². The second-order valence-electron chi connectivity index (χ2n) is 5.06. The monoisotopic (exact) mass is 310 g/mol. The standard InChI is InChI=1S/C15H23ClN4O/c16-14-4-2-13(3-5-14)12-19-15(17)18-6-1-7-20-8-10-21-11-9-20/h2-5H,1,6-12H2,(H3,17,18,19). The summed E-state index contributed by atoms with van der Waals surface area (Å²) in [5.74, 6) is 0.493. The molecule has 6 heteroatoms. The molecule has 3 N–H and O–H groups in total. The number of hydrogen-bond acceptors (Lipinski definition) is 3. The van der Waals surface area contributed by atoms with Gasteiger partial charge < -0.3 is 15.8 Å². The van der Waals surface area contributed by atoms with Gasteiger partial charge in [0.25, 0.3) is 0 Å². The minimum atomic E-state index is 0.493. The Labute approximate surface area is 131 Å². The lowest BCUT2D eigenvalue weighted by Gasteiger charge is -2.26. The van der Waals surface area contributed by atoms with Gasteiger partial charge in [-0.15, -0.1) is 0 Å². The molecular formula is C15H23ClN4O. The Balaban J connectivity index is 1.60. The number of nitrogens with zero attached hydrogens (tertiary/aromatic N) is 2. The highest BCUT2D eigenvalue weighted by atomic mass is 35.5. The van der Waals surface area contributed by atoms with Crippen molar-refractivity contribution in [2.24, 2.45) is 10.7 Å². The van der Waals surface area contributed by atoms with E-state index in [9.17, 15) is 0 Å². The van der Waals surface area contributed by atoms with Crippen molar-refractivity contribution in [1.82, 2.24) is 10.2 Å². The van der Waals surface area contributed by atoms with Crippen molar-refractivity contribution in [3.63, 3.8) is 0 Å². The third kappa shape index (κ3) is 6.33. The number of nitrogens with two attached hydrogens (primary N) is 1. The zero-order chi connectivity index (χ0) is 14.9. The molecule has 0 aromatic heterocycles. The van der Waals surface area contributed by atoms with Crippen molar-refractivity contribution in [3.8, 4) is 0 Å². The third-order valence-electron chi connectivity index (χ3n) is 3.41. The van der Waals surface area contributed by atoms with E-state index in [0.29, 0.717) is 12.5 Å². The van der Waals surface area contributed by atoms with Crippen molar-refractivity contribution in [1.29, 1.82) is 0 Å². The fraction of sp³-hybridized carbons (Fsp3) is 0.533. The second-order valence-corrected chi connectivity index (χ2v) is 5.50. The predicted octanol–water partition coefficient (Wildman–Crippen LogP) is 1.47. The number of nitrogens with one attached hydrogen (secondary N) is 1. The maximum absolute atomic E-state index is 5.85. The van der Waals surface area contributed by atoms with E-state index in [1.165, 1.54) is 0 Å². The van der Waals surface area contributed by atoms with E-state index < -0.39 is 0 Å². The van der Waals surface area contributed by atoms with Crippen LogP contribution in [-0.4, -0.2) is 50.3 Å². The van der Waals surface area contributed by atoms with Crippen LogP contribution >= 0.6 is 11.6 Å². The highest BCUT2D eigenvalue weighted by molar-refractivity contribution is 6.30. The van der Waals surface area contributed by atoms with Gasteiger partial charge >= 0.3 is 0 Å². The third-order valence-corrected chi connectivity index (χ3v) is 3.66. The van der Waals surface area contributed by atoms with Crippen molar-refractivity contribution >= 4 is 17.6 Å². The van der Waals surface area contributed by atoms with Crippen molar-refractivity contribution in [3.05, 3.63) is 34.9 Å². The molecule has 1 heterocycles. The van der Waals surface area contributed by atoms with Gasteiger partial charge in [0.15, 0.2) is 5.96 Å². The van der Waals surface area contributed by atoms with Gasteiger partial charge in [0.05, 0.1) is 19.8 Å². The highest BCUT2D eigenvalue weighted by Crippen LogP contribution is 2.09. The number of benzene rings is 1. The van der Waals surface area contributed by atoms with Crippen LogP contribution < -0.4 is 11.1 Å². The maximum atomic E-state index is 5.85. The summed E-state index contributed by atoms with van der Waals surface area (Å²) >= 11 is 5.84. The molecule has 0 atom stereocenters. The molecule has 1 aromatic carbocycles. The Bertz CT molecular complexity index is 443. The number of morpholine rings is 1. The molecule has 1 saturated heterocycles. The Kier molecular flexibility index (Phi) is 6.79. The molecule has 2 rings (SSSR count). The first-order chi connectivity index (χ1) is 10.2. The molecule has 5 nitrogen and oxygen atoms in total. The number of rotatable bonds is 6. The first-order valence-corrected chi connectivity index (χ1v) is 7.70. The fourth-order valence-corrected chi connectivity index (χ4v) is 2.29. The molecule has 0 aliphatic carbocycles. The van der Waals surface area contributed by atoms with Gasteiger partial charge in [0.2, 0.25) is 0 Å². The molecule has 21 heavy (non-hydrogen) atoms. The van der Waals surface area contributed by atoms with Crippen LogP contribution in [0.3, 0.4) is 0 Å². The summed E-state index contributed by atoms with van der Waals surface area (Å²) in [5.41, 5.74) is 6.94. The topological polar surface area (TPSA) is 62.9 Å². The summed E-state index contributed by atoms with van der Waals surface area (Å²) in [4.78, 5) is 6.72. The summed E-state index contributed by atoms with van der Waals surface area (Å²) in [5, 5.41) is 3.88. The molecule has 0 bridgehead atoms. The molecule has 1 aliphatic rings. The zero-order valence-corrected chi connectivity index (χ0v) is 13.0. The lowest BCUT2D eigenvalue weighted by molar-refractivity contribution is 0.0376. The van der Waals surface area contributed by atoms with Gasteiger partial charge in [-0.3, -0.25) is 4.90 Å². The summed E-state index contributed by atoms with van der Waals surface area (Å²) in [6.45, 7) is 6.23. The van der Waals surface area contributed by atoms with E-state index in [-0.39, 0.29) is 0 Å². The van der Waals surface area contributed by atoms with Gasteiger partial charge in [0, 0.05) is 24.7 Å². The number of hydrogen-bond donors (Lipinski definition) is 2. The molecular weight excluding hydrogens is 288 g/mol. The normalized spacial score (nSPS) is 16.9. The predicted molar refractivity (Wildman–Crippen MR) is 86.7 cm³/mol. The van der Waals surface area contributed by atoms with Crippen molar-refractivity contribution in [2.75, 3.05) is 39.4 Å². The largest absolute Gasteiger partial charge is 0.379 e. The van der Waals surface area contributed by atoms with Crippen LogP contribution in [0.5, 0.6) is 0 Å². The van der Waals surface area contributed by atoms with Crippen LogP contribution in [0.4, 0.5) is 0 Å². The smallest absolute Gasteiger partial charge is 0.188 e. The fourth-order valence-electron chi connectivity index (χ4n) is 2.17. The molecule has 0 saturated carbocycles. The molecule has 0 radical (unpaired) electrons. The number of ether oxygens (including phenoxy) is 1. The molecule has 1 aliphatic heterocycles. The van der Waals surface area contributed by atoms with Gasteiger partial charge in [0.1, 0.15) is 0 Å².